The SMILES string of the molecule is CNc1nc(N)c(C(=O)NCCc2ccccc2)s1. The van der Waals surface area contributed by atoms with Crippen LogP contribution in [-0.2, 0) is 6.42 Å². The highest BCUT2D eigenvalue weighted by Gasteiger charge is 2.14. The number of aromatic nitrogens is 1. The predicted molar refractivity (Wildman–Crippen MR) is 78.6 cm³/mol. The van der Waals surface area contributed by atoms with Crippen molar-refractivity contribution < 1.29 is 4.79 Å². The first-order valence-corrected chi connectivity index (χ1v) is 6.78. The Morgan fingerprint density at radius 2 is 2.11 bits per heavy atom. The third kappa shape index (κ3) is 3.45. The fourth-order valence-electron chi connectivity index (χ4n) is 1.65. The molecule has 6 heteroatoms. The van der Waals surface area contributed by atoms with E-state index in [1.165, 1.54) is 16.9 Å². The number of anilines is 2. The number of nitrogen functional groups attached to an aromatic ring is 1. The van der Waals surface area contributed by atoms with Crippen LogP contribution in [0, 0.1) is 0 Å². The highest BCUT2D eigenvalue weighted by molar-refractivity contribution is 7.18. The summed E-state index contributed by atoms with van der Waals surface area (Å²) in [6, 6.07) is 10.0. The standard InChI is InChI=1S/C13H16N4OS/c1-15-13-17-11(14)10(19-13)12(18)16-8-7-9-5-3-2-4-6-9/h2-6H,7-8,14H2,1H3,(H,15,17)(H,16,18). The van der Waals surface area contributed by atoms with Crippen LogP contribution >= 0.6 is 11.3 Å². The van der Waals surface area contributed by atoms with Crippen LogP contribution < -0.4 is 16.4 Å². The molecule has 2 aromatic rings. The van der Waals surface area contributed by atoms with Crippen molar-refractivity contribution in [1.29, 1.82) is 0 Å². The number of nitrogens with zero attached hydrogens (tertiary/aromatic N) is 1. The second-order valence-electron chi connectivity index (χ2n) is 3.97. The number of carbonyl (C=O) groups excluding carboxylic acids is 1. The van der Waals surface area contributed by atoms with Gasteiger partial charge in [0.25, 0.3) is 5.91 Å². The number of nitrogens with one attached hydrogen (secondary N) is 2. The van der Waals surface area contributed by atoms with Crippen LogP contribution in [0.15, 0.2) is 30.3 Å². The van der Waals surface area contributed by atoms with Crippen molar-refractivity contribution in [2.45, 2.75) is 6.42 Å². The first-order chi connectivity index (χ1) is 9.20. The summed E-state index contributed by atoms with van der Waals surface area (Å²) in [7, 11) is 1.75. The zero-order valence-corrected chi connectivity index (χ0v) is 11.5. The molecule has 0 aliphatic heterocycles. The lowest BCUT2D eigenvalue weighted by Crippen LogP contribution is -2.25. The molecular formula is C13H16N4OS. The lowest BCUT2D eigenvalue weighted by molar-refractivity contribution is 0.0959. The van der Waals surface area contributed by atoms with Crippen molar-refractivity contribution in [2.75, 3.05) is 24.6 Å². The summed E-state index contributed by atoms with van der Waals surface area (Å²) in [5, 5.41) is 6.37. The summed E-state index contributed by atoms with van der Waals surface area (Å²) in [6.45, 7) is 0.578. The maximum atomic E-state index is 11.9. The van der Waals surface area contributed by atoms with Crippen molar-refractivity contribution in [1.82, 2.24) is 10.3 Å². The zero-order valence-electron chi connectivity index (χ0n) is 10.6. The summed E-state index contributed by atoms with van der Waals surface area (Å²) in [5.41, 5.74) is 6.89. The van der Waals surface area contributed by atoms with Crippen LogP contribution in [0.3, 0.4) is 0 Å². The quantitative estimate of drug-likeness (QED) is 0.777. The molecule has 0 fully saturated rings. The molecule has 0 atom stereocenters. The van der Waals surface area contributed by atoms with Crippen LogP contribution in [0.25, 0.3) is 0 Å². The van der Waals surface area contributed by atoms with Gasteiger partial charge < -0.3 is 16.4 Å². The Morgan fingerprint density at radius 3 is 2.74 bits per heavy atom. The normalized spacial score (nSPS) is 10.2. The van der Waals surface area contributed by atoms with Gasteiger partial charge in [0, 0.05) is 13.6 Å². The summed E-state index contributed by atoms with van der Waals surface area (Å²) in [6.07, 6.45) is 0.796. The van der Waals surface area contributed by atoms with E-state index in [2.05, 4.69) is 15.6 Å². The number of amides is 1. The Morgan fingerprint density at radius 1 is 1.37 bits per heavy atom. The molecule has 100 valence electrons. The van der Waals surface area contributed by atoms with Gasteiger partial charge in [-0.25, -0.2) is 4.98 Å². The zero-order chi connectivity index (χ0) is 13.7. The highest BCUT2D eigenvalue weighted by atomic mass is 32.1. The van der Waals surface area contributed by atoms with Crippen molar-refractivity contribution in [2.24, 2.45) is 0 Å². The maximum absolute atomic E-state index is 11.9. The van der Waals surface area contributed by atoms with E-state index in [9.17, 15) is 4.79 Å². The van der Waals surface area contributed by atoms with Crippen LogP contribution in [0.4, 0.5) is 10.9 Å². The molecule has 2 rings (SSSR count). The van der Waals surface area contributed by atoms with Crippen LogP contribution in [-0.4, -0.2) is 24.5 Å². The molecular weight excluding hydrogens is 260 g/mol. The van der Waals surface area contributed by atoms with E-state index in [1.54, 1.807) is 7.05 Å². The molecule has 0 unspecified atom stereocenters. The molecule has 0 bridgehead atoms. The molecule has 0 aliphatic rings. The van der Waals surface area contributed by atoms with Crippen molar-refractivity contribution in [3.63, 3.8) is 0 Å². The Kier molecular flexibility index (Phi) is 4.35. The van der Waals surface area contributed by atoms with Gasteiger partial charge in [-0.1, -0.05) is 41.7 Å². The van der Waals surface area contributed by atoms with Gasteiger partial charge >= 0.3 is 0 Å². The number of hydrogen-bond acceptors (Lipinski definition) is 5. The number of thiazole rings is 1. The predicted octanol–water partition coefficient (Wildman–Crippen LogP) is 1.74. The lowest BCUT2D eigenvalue weighted by atomic mass is 10.1. The first-order valence-electron chi connectivity index (χ1n) is 5.97. The average molecular weight is 276 g/mol. The summed E-state index contributed by atoms with van der Waals surface area (Å²) in [5.74, 6) is 0.0963. The van der Waals surface area contributed by atoms with Gasteiger partial charge in [-0.2, -0.15) is 0 Å². The number of benzene rings is 1. The average Bonchev–Trinajstić information content (AvgIpc) is 2.81. The third-order valence-electron chi connectivity index (χ3n) is 2.62. The fourth-order valence-corrected chi connectivity index (χ4v) is 2.40. The minimum absolute atomic E-state index is 0.174. The molecule has 4 N–H and O–H groups in total. The Balaban J connectivity index is 1.89. The Labute approximate surface area is 115 Å². The van der Waals surface area contributed by atoms with Gasteiger partial charge in [0.1, 0.15) is 10.7 Å². The van der Waals surface area contributed by atoms with Crippen LogP contribution in [0.2, 0.25) is 0 Å². The van der Waals surface area contributed by atoms with E-state index < -0.39 is 0 Å². The number of rotatable bonds is 5. The largest absolute Gasteiger partial charge is 0.382 e. The molecule has 0 saturated heterocycles. The van der Waals surface area contributed by atoms with E-state index >= 15 is 0 Å². The Bertz CT molecular complexity index is 553. The maximum Gasteiger partial charge on any atom is 0.265 e. The Hall–Kier alpha value is -2.08. The molecule has 1 aromatic heterocycles. The van der Waals surface area contributed by atoms with Crippen molar-refractivity contribution in [3.05, 3.63) is 40.8 Å². The third-order valence-corrected chi connectivity index (χ3v) is 3.70. The van der Waals surface area contributed by atoms with E-state index in [1.807, 2.05) is 30.3 Å². The topological polar surface area (TPSA) is 80.0 Å². The highest BCUT2D eigenvalue weighted by Crippen LogP contribution is 2.24. The molecule has 1 heterocycles. The van der Waals surface area contributed by atoms with Gasteiger partial charge in [0.2, 0.25) is 0 Å². The second-order valence-corrected chi connectivity index (χ2v) is 4.97. The van der Waals surface area contributed by atoms with E-state index in [0.717, 1.165) is 6.42 Å². The lowest BCUT2D eigenvalue weighted by Gasteiger charge is -2.03. The molecule has 0 aliphatic carbocycles. The molecule has 5 nitrogen and oxygen atoms in total. The molecule has 0 spiro atoms. The molecule has 1 aromatic carbocycles. The molecule has 19 heavy (non-hydrogen) atoms. The molecule has 1 amide bonds. The van der Waals surface area contributed by atoms with Gasteiger partial charge in [-0.15, -0.1) is 0 Å². The second kappa shape index (κ2) is 6.19. The van der Waals surface area contributed by atoms with Gasteiger partial charge in [-0.05, 0) is 12.0 Å². The molecule has 0 saturated carbocycles. The van der Waals surface area contributed by atoms with Gasteiger partial charge in [0.15, 0.2) is 5.13 Å². The summed E-state index contributed by atoms with van der Waals surface area (Å²) < 4.78 is 0. The summed E-state index contributed by atoms with van der Waals surface area (Å²) >= 11 is 1.25. The van der Waals surface area contributed by atoms with Crippen molar-refractivity contribution in [3.8, 4) is 0 Å². The van der Waals surface area contributed by atoms with Crippen LogP contribution in [0.1, 0.15) is 15.2 Å². The number of carbonyl (C=O) groups is 1. The van der Waals surface area contributed by atoms with Gasteiger partial charge in [-0.3, -0.25) is 4.79 Å². The monoisotopic (exact) mass is 276 g/mol. The van der Waals surface area contributed by atoms with Crippen LogP contribution in [0.5, 0.6) is 0 Å². The number of nitrogens with two attached hydrogens (primary N) is 1. The minimum atomic E-state index is -0.174. The smallest absolute Gasteiger partial charge is 0.265 e. The van der Waals surface area contributed by atoms with E-state index in [0.29, 0.717) is 16.6 Å². The van der Waals surface area contributed by atoms with Crippen molar-refractivity contribution >= 4 is 28.2 Å². The van der Waals surface area contributed by atoms with E-state index in [4.69, 9.17) is 5.73 Å². The van der Waals surface area contributed by atoms with E-state index in [-0.39, 0.29) is 11.7 Å². The fraction of sp³-hybridized carbons (Fsp3) is 0.231. The number of hydrogen-bond donors (Lipinski definition) is 3. The summed E-state index contributed by atoms with van der Waals surface area (Å²) in [4.78, 5) is 16.4. The first kappa shape index (κ1) is 13.4. The van der Waals surface area contributed by atoms with Gasteiger partial charge in [0.05, 0.1) is 0 Å². The molecule has 0 radical (unpaired) electrons. The minimum Gasteiger partial charge on any atom is -0.382 e.